The molecule has 186 valence electrons. The number of hydrogen-bond acceptors (Lipinski definition) is 3. The number of halogens is 2. The maximum Gasteiger partial charge on any atom is 0.261 e. The van der Waals surface area contributed by atoms with Crippen molar-refractivity contribution >= 4 is 35.0 Å². The molecule has 0 radical (unpaired) electrons. The van der Waals surface area contributed by atoms with Gasteiger partial charge in [-0.2, -0.15) is 0 Å². The molecular formula is C27H36Cl2N2O3. The Balaban J connectivity index is 2.26. The molecule has 0 aliphatic carbocycles. The molecule has 34 heavy (non-hydrogen) atoms. The number of amides is 2. The normalized spacial score (nSPS) is 13.2. The molecule has 0 saturated carbocycles. The molecule has 0 fully saturated rings. The lowest BCUT2D eigenvalue weighted by atomic mass is 9.87. The van der Waals surface area contributed by atoms with Crippen LogP contribution in [0.1, 0.15) is 65.5 Å². The van der Waals surface area contributed by atoms with Crippen LogP contribution in [-0.2, 0) is 21.5 Å². The summed E-state index contributed by atoms with van der Waals surface area (Å²) in [6, 6.07) is 12.2. The van der Waals surface area contributed by atoms with Gasteiger partial charge < -0.3 is 15.0 Å². The molecule has 2 aromatic carbocycles. The third-order valence-electron chi connectivity index (χ3n) is 5.86. The maximum atomic E-state index is 13.4. The first-order chi connectivity index (χ1) is 16.0. The van der Waals surface area contributed by atoms with Crippen molar-refractivity contribution in [3.63, 3.8) is 0 Å². The van der Waals surface area contributed by atoms with Gasteiger partial charge in [0.25, 0.3) is 5.91 Å². The van der Waals surface area contributed by atoms with Gasteiger partial charge in [0.1, 0.15) is 11.8 Å². The van der Waals surface area contributed by atoms with Gasteiger partial charge in [0.2, 0.25) is 5.91 Å². The third kappa shape index (κ3) is 7.64. The molecule has 0 spiro atoms. The molecule has 0 aliphatic rings. The number of rotatable bonds is 10. The van der Waals surface area contributed by atoms with E-state index in [1.54, 1.807) is 18.2 Å². The smallest absolute Gasteiger partial charge is 0.261 e. The van der Waals surface area contributed by atoms with Crippen LogP contribution in [-0.4, -0.2) is 35.4 Å². The van der Waals surface area contributed by atoms with E-state index in [-0.39, 0.29) is 36.4 Å². The maximum absolute atomic E-state index is 13.4. The number of carbonyl (C=O) groups is 2. The van der Waals surface area contributed by atoms with Gasteiger partial charge in [0.15, 0.2) is 6.61 Å². The zero-order valence-electron chi connectivity index (χ0n) is 21.0. The summed E-state index contributed by atoms with van der Waals surface area (Å²) in [5, 5.41) is 3.88. The standard InChI is InChI=1S/C27H36Cl2N2O3/c1-7-18(3)30-26(33)24(8-2)31(16-21-22(28)10-9-11-23(21)29)25(32)17-34-20-14-12-19(13-15-20)27(4,5)6/h9-15,18,24H,7-8,16-17H2,1-6H3,(H,30,33). The van der Waals surface area contributed by atoms with E-state index in [9.17, 15) is 9.59 Å². The Morgan fingerprint density at radius 3 is 2.09 bits per heavy atom. The molecule has 0 saturated heterocycles. The molecule has 0 heterocycles. The van der Waals surface area contributed by atoms with Gasteiger partial charge in [-0.25, -0.2) is 0 Å². The summed E-state index contributed by atoms with van der Waals surface area (Å²) in [4.78, 5) is 27.9. The summed E-state index contributed by atoms with van der Waals surface area (Å²) in [7, 11) is 0. The average Bonchev–Trinajstić information content (AvgIpc) is 2.78. The van der Waals surface area contributed by atoms with Crippen molar-refractivity contribution in [2.24, 2.45) is 0 Å². The van der Waals surface area contributed by atoms with Crippen molar-refractivity contribution in [2.75, 3.05) is 6.61 Å². The van der Waals surface area contributed by atoms with Crippen LogP contribution in [0.5, 0.6) is 5.75 Å². The summed E-state index contributed by atoms with van der Waals surface area (Å²) < 4.78 is 5.80. The zero-order chi connectivity index (χ0) is 25.5. The first kappa shape index (κ1) is 28.0. The highest BCUT2D eigenvalue weighted by Gasteiger charge is 2.30. The number of hydrogen-bond donors (Lipinski definition) is 1. The van der Waals surface area contributed by atoms with E-state index in [0.29, 0.717) is 27.8 Å². The van der Waals surface area contributed by atoms with Crippen molar-refractivity contribution in [3.05, 3.63) is 63.6 Å². The summed E-state index contributed by atoms with van der Waals surface area (Å²) in [6.07, 6.45) is 1.23. The molecule has 2 atom stereocenters. The monoisotopic (exact) mass is 506 g/mol. The Morgan fingerprint density at radius 1 is 1.00 bits per heavy atom. The molecule has 2 amide bonds. The number of ether oxygens (including phenoxy) is 1. The van der Waals surface area contributed by atoms with E-state index in [4.69, 9.17) is 27.9 Å². The van der Waals surface area contributed by atoms with E-state index in [1.807, 2.05) is 45.0 Å². The fourth-order valence-electron chi connectivity index (χ4n) is 3.49. The quantitative estimate of drug-likeness (QED) is 0.405. The van der Waals surface area contributed by atoms with Crippen LogP contribution in [0.4, 0.5) is 0 Å². The van der Waals surface area contributed by atoms with Crippen molar-refractivity contribution < 1.29 is 14.3 Å². The summed E-state index contributed by atoms with van der Waals surface area (Å²) in [5.74, 6) is 0.0686. The highest BCUT2D eigenvalue weighted by molar-refractivity contribution is 6.36. The van der Waals surface area contributed by atoms with Crippen molar-refractivity contribution in [3.8, 4) is 5.75 Å². The topological polar surface area (TPSA) is 58.6 Å². The number of carbonyl (C=O) groups excluding carboxylic acids is 2. The summed E-state index contributed by atoms with van der Waals surface area (Å²) in [6.45, 7) is 12.1. The Kier molecular flexibility index (Phi) is 10.3. The molecule has 2 aromatic rings. The molecular weight excluding hydrogens is 471 g/mol. The predicted molar refractivity (Wildman–Crippen MR) is 140 cm³/mol. The van der Waals surface area contributed by atoms with E-state index in [0.717, 1.165) is 6.42 Å². The van der Waals surface area contributed by atoms with Crippen LogP contribution in [0.25, 0.3) is 0 Å². The van der Waals surface area contributed by atoms with E-state index < -0.39 is 6.04 Å². The molecule has 0 aliphatic heterocycles. The molecule has 0 aromatic heterocycles. The van der Waals surface area contributed by atoms with Gasteiger partial charge >= 0.3 is 0 Å². The molecule has 5 nitrogen and oxygen atoms in total. The van der Waals surface area contributed by atoms with Crippen molar-refractivity contribution in [1.82, 2.24) is 10.2 Å². The third-order valence-corrected chi connectivity index (χ3v) is 6.57. The lowest BCUT2D eigenvalue weighted by molar-refractivity contribution is -0.143. The van der Waals surface area contributed by atoms with Gasteiger partial charge in [-0.05, 0) is 55.0 Å². The second kappa shape index (κ2) is 12.5. The second-order valence-electron chi connectivity index (χ2n) is 9.53. The van der Waals surface area contributed by atoms with E-state index in [2.05, 4.69) is 26.1 Å². The minimum atomic E-state index is -0.680. The molecule has 7 heteroatoms. The van der Waals surface area contributed by atoms with Crippen LogP contribution in [0.2, 0.25) is 10.0 Å². The lowest BCUT2D eigenvalue weighted by Crippen LogP contribution is -2.51. The molecule has 0 bridgehead atoms. The first-order valence-electron chi connectivity index (χ1n) is 11.7. The van der Waals surface area contributed by atoms with Gasteiger partial charge in [0, 0.05) is 28.2 Å². The summed E-state index contributed by atoms with van der Waals surface area (Å²) >= 11 is 12.8. The fourth-order valence-corrected chi connectivity index (χ4v) is 4.01. The Bertz CT molecular complexity index is 951. The largest absolute Gasteiger partial charge is 0.484 e. The zero-order valence-corrected chi connectivity index (χ0v) is 22.5. The summed E-state index contributed by atoms with van der Waals surface area (Å²) in [5.41, 5.74) is 1.80. The van der Waals surface area contributed by atoms with E-state index >= 15 is 0 Å². The molecule has 2 unspecified atom stereocenters. The predicted octanol–water partition coefficient (Wildman–Crippen LogP) is 6.39. The van der Waals surface area contributed by atoms with Crippen molar-refractivity contribution in [1.29, 1.82) is 0 Å². The van der Waals surface area contributed by atoms with E-state index in [1.165, 1.54) is 10.5 Å². The Morgan fingerprint density at radius 2 is 1.59 bits per heavy atom. The highest BCUT2D eigenvalue weighted by Crippen LogP contribution is 2.28. The number of benzene rings is 2. The fraction of sp³-hybridized carbons (Fsp3) is 0.481. The molecule has 1 N–H and O–H groups in total. The van der Waals surface area contributed by atoms with Gasteiger partial charge in [-0.15, -0.1) is 0 Å². The van der Waals surface area contributed by atoms with Crippen LogP contribution in [0.15, 0.2) is 42.5 Å². The second-order valence-corrected chi connectivity index (χ2v) is 10.3. The van der Waals surface area contributed by atoms with Crippen LogP contribution in [0.3, 0.4) is 0 Å². The lowest BCUT2D eigenvalue weighted by Gasteiger charge is -2.32. The highest BCUT2D eigenvalue weighted by atomic mass is 35.5. The van der Waals surface area contributed by atoms with Crippen LogP contribution < -0.4 is 10.1 Å². The first-order valence-corrected chi connectivity index (χ1v) is 12.5. The minimum absolute atomic E-state index is 0.0000147. The average molecular weight is 508 g/mol. The number of nitrogens with one attached hydrogen (secondary N) is 1. The Hall–Kier alpha value is -2.24. The van der Waals surface area contributed by atoms with Gasteiger partial charge in [-0.3, -0.25) is 9.59 Å². The van der Waals surface area contributed by atoms with Crippen LogP contribution >= 0.6 is 23.2 Å². The minimum Gasteiger partial charge on any atom is -0.484 e. The van der Waals surface area contributed by atoms with Crippen molar-refractivity contribution in [2.45, 2.75) is 78.4 Å². The Labute approximate surface area is 213 Å². The molecule has 2 rings (SSSR count). The number of nitrogens with zero attached hydrogens (tertiary/aromatic N) is 1. The van der Waals surface area contributed by atoms with Gasteiger partial charge in [-0.1, -0.05) is 76.0 Å². The van der Waals surface area contributed by atoms with Gasteiger partial charge in [0.05, 0.1) is 0 Å². The van der Waals surface area contributed by atoms with Crippen LogP contribution in [0, 0.1) is 0 Å². The SMILES string of the molecule is CCC(C)NC(=O)C(CC)N(Cc1c(Cl)cccc1Cl)C(=O)COc1ccc(C(C)(C)C)cc1.